The number of aliphatic hydroxyl groups is 3. The first-order valence-electron chi connectivity index (χ1n) is 13.6. The third-order valence-electron chi connectivity index (χ3n) is 7.33. The Hall–Kier alpha value is -5.22. The lowest BCUT2D eigenvalue weighted by Crippen LogP contribution is -2.60. The van der Waals surface area contributed by atoms with Crippen molar-refractivity contribution < 1.29 is 68.3 Å². The fraction of sp³-hybridized carbons (Fsp3) is 0.290. The standard InChI is InChI=1S/C31H30O15/c1-40-19-9-14(8-17(33)28(19)41-2)16-11-43-18-10-20(29(42-3)25(36)22(18)23(16)34)45-31-27(38)26(37)24(35)21(46-31)12-44-30(39)13-4-6-15(32)7-5-13/h4-11,21,24,26-27,31-33,35-38H,12H2,1-3H3/t21-,24-,26+,27-,31?/m1/s1. The van der Waals surface area contributed by atoms with Crippen LogP contribution in [0.25, 0.3) is 22.1 Å². The van der Waals surface area contributed by atoms with Gasteiger partial charge in [0, 0.05) is 6.07 Å². The van der Waals surface area contributed by atoms with Crippen LogP contribution in [-0.4, -0.2) is 95.3 Å². The van der Waals surface area contributed by atoms with Crippen LogP contribution in [0.1, 0.15) is 10.4 Å². The number of benzene rings is 3. The summed E-state index contributed by atoms with van der Waals surface area (Å²) in [4.78, 5) is 26.0. The highest BCUT2D eigenvalue weighted by Gasteiger charge is 2.46. The topological polar surface area (TPSA) is 224 Å². The minimum absolute atomic E-state index is 0.0465. The Bertz CT molecular complexity index is 1800. The van der Waals surface area contributed by atoms with E-state index in [1.165, 1.54) is 63.8 Å². The van der Waals surface area contributed by atoms with Crippen molar-refractivity contribution in [3.05, 3.63) is 64.5 Å². The summed E-state index contributed by atoms with van der Waals surface area (Å²) >= 11 is 0. The molecule has 3 aromatic carbocycles. The lowest BCUT2D eigenvalue weighted by Gasteiger charge is -2.40. The van der Waals surface area contributed by atoms with Gasteiger partial charge in [0.05, 0.1) is 32.5 Å². The van der Waals surface area contributed by atoms with Crippen LogP contribution in [0, 0.1) is 0 Å². The number of hydrogen-bond donors (Lipinski definition) is 6. The number of hydrogen-bond acceptors (Lipinski definition) is 15. The second-order valence-electron chi connectivity index (χ2n) is 10.1. The number of ether oxygens (including phenoxy) is 6. The highest BCUT2D eigenvalue weighted by atomic mass is 16.7. The average Bonchev–Trinajstić information content (AvgIpc) is 3.04. The molecule has 46 heavy (non-hydrogen) atoms. The third-order valence-corrected chi connectivity index (χ3v) is 7.33. The molecule has 1 saturated heterocycles. The Morgan fingerprint density at radius 2 is 1.54 bits per heavy atom. The van der Waals surface area contributed by atoms with Crippen molar-refractivity contribution in [3.8, 4) is 51.4 Å². The number of esters is 1. The van der Waals surface area contributed by atoms with E-state index in [1.54, 1.807) is 0 Å². The summed E-state index contributed by atoms with van der Waals surface area (Å²) < 4.78 is 37.8. The predicted molar refractivity (Wildman–Crippen MR) is 157 cm³/mol. The van der Waals surface area contributed by atoms with Gasteiger partial charge >= 0.3 is 5.97 Å². The fourth-order valence-corrected chi connectivity index (χ4v) is 4.93. The monoisotopic (exact) mass is 642 g/mol. The van der Waals surface area contributed by atoms with Crippen molar-refractivity contribution in [3.63, 3.8) is 0 Å². The lowest BCUT2D eigenvalue weighted by atomic mass is 9.99. The smallest absolute Gasteiger partial charge is 0.338 e. The normalized spacial score (nSPS) is 21.0. The van der Waals surface area contributed by atoms with Gasteiger partial charge in [0.2, 0.25) is 23.2 Å². The summed E-state index contributed by atoms with van der Waals surface area (Å²) in [5.74, 6) is -2.34. The van der Waals surface area contributed by atoms with E-state index in [9.17, 15) is 40.2 Å². The Morgan fingerprint density at radius 1 is 0.848 bits per heavy atom. The SMILES string of the molecule is COc1cc(-c2coc3cc(OC4O[C@H](COC(=O)c5ccc(O)cc5)[C@@H](O)[C@H](O)[C@H]4O)c(OC)c(O)c3c2=O)cc(O)c1OC. The number of rotatable bonds is 9. The average molecular weight is 643 g/mol. The molecule has 1 aliphatic rings. The maximum absolute atomic E-state index is 13.6. The molecule has 1 unspecified atom stereocenters. The quantitative estimate of drug-likeness (QED) is 0.143. The third kappa shape index (κ3) is 5.91. The number of carbonyl (C=O) groups excluding carboxylic acids is 1. The zero-order valence-electron chi connectivity index (χ0n) is 24.6. The first-order chi connectivity index (χ1) is 22.0. The molecule has 0 aliphatic carbocycles. The van der Waals surface area contributed by atoms with Gasteiger partial charge in [0.1, 0.15) is 54.0 Å². The van der Waals surface area contributed by atoms with E-state index in [0.29, 0.717) is 0 Å². The van der Waals surface area contributed by atoms with Crippen LogP contribution in [0.15, 0.2) is 57.9 Å². The van der Waals surface area contributed by atoms with E-state index >= 15 is 0 Å². The molecule has 244 valence electrons. The molecule has 0 bridgehead atoms. The molecular formula is C31H30O15. The van der Waals surface area contributed by atoms with Crippen LogP contribution in [0.2, 0.25) is 0 Å². The van der Waals surface area contributed by atoms with E-state index in [-0.39, 0.29) is 62.2 Å². The Balaban J connectivity index is 1.43. The number of phenols is 3. The summed E-state index contributed by atoms with van der Waals surface area (Å²) in [6.45, 7) is -0.562. The molecule has 5 rings (SSSR count). The number of methoxy groups -OCH3 is 3. The Morgan fingerprint density at radius 3 is 2.20 bits per heavy atom. The van der Waals surface area contributed by atoms with E-state index in [2.05, 4.69) is 0 Å². The van der Waals surface area contributed by atoms with Gasteiger partial charge in [0.25, 0.3) is 0 Å². The van der Waals surface area contributed by atoms with Crippen LogP contribution in [0.4, 0.5) is 0 Å². The van der Waals surface area contributed by atoms with Crippen LogP contribution in [0.3, 0.4) is 0 Å². The molecule has 0 saturated carbocycles. The molecule has 1 aliphatic heterocycles. The van der Waals surface area contributed by atoms with Crippen LogP contribution >= 0.6 is 0 Å². The maximum atomic E-state index is 13.6. The molecule has 15 nitrogen and oxygen atoms in total. The highest BCUT2D eigenvalue weighted by molar-refractivity contribution is 5.91. The van der Waals surface area contributed by atoms with Gasteiger partial charge in [-0.2, -0.15) is 0 Å². The van der Waals surface area contributed by atoms with Crippen LogP contribution < -0.4 is 24.4 Å². The van der Waals surface area contributed by atoms with Gasteiger partial charge in [0.15, 0.2) is 23.0 Å². The van der Waals surface area contributed by atoms with Crippen molar-refractivity contribution in [1.82, 2.24) is 0 Å². The van der Waals surface area contributed by atoms with Gasteiger partial charge < -0.3 is 63.5 Å². The second-order valence-corrected chi connectivity index (χ2v) is 10.1. The molecule has 6 N–H and O–H groups in total. The minimum atomic E-state index is -1.83. The van der Waals surface area contributed by atoms with E-state index in [0.717, 1.165) is 6.26 Å². The molecule has 1 aromatic heterocycles. The molecule has 1 fully saturated rings. The summed E-state index contributed by atoms with van der Waals surface area (Å²) in [5.41, 5.74) is -0.647. The Kier molecular flexibility index (Phi) is 9.11. The Labute approximate surface area is 259 Å². The van der Waals surface area contributed by atoms with Crippen LogP contribution in [0.5, 0.6) is 40.2 Å². The second kappa shape index (κ2) is 13.0. The number of aliphatic hydroxyl groups excluding tert-OH is 3. The van der Waals surface area contributed by atoms with Gasteiger partial charge in [-0.05, 0) is 42.0 Å². The zero-order chi connectivity index (χ0) is 33.3. The van der Waals surface area contributed by atoms with Crippen LogP contribution in [-0.2, 0) is 9.47 Å². The molecule has 4 aromatic rings. The van der Waals surface area contributed by atoms with Gasteiger partial charge in [-0.1, -0.05) is 0 Å². The number of carbonyl (C=O) groups is 1. The maximum Gasteiger partial charge on any atom is 0.338 e. The van der Waals surface area contributed by atoms with Gasteiger partial charge in [-0.25, -0.2) is 4.79 Å². The molecule has 0 radical (unpaired) electrons. The molecule has 0 spiro atoms. The minimum Gasteiger partial charge on any atom is -0.508 e. The van der Waals surface area contributed by atoms with Crippen molar-refractivity contribution in [2.75, 3.05) is 27.9 Å². The van der Waals surface area contributed by atoms with E-state index in [4.69, 9.17) is 32.8 Å². The summed E-state index contributed by atoms with van der Waals surface area (Å²) in [7, 11) is 3.86. The summed E-state index contributed by atoms with van der Waals surface area (Å²) in [6.07, 6.45) is -7.30. The first-order valence-corrected chi connectivity index (χ1v) is 13.6. The van der Waals surface area contributed by atoms with Gasteiger partial charge in [-0.3, -0.25) is 4.79 Å². The van der Waals surface area contributed by atoms with Crippen molar-refractivity contribution in [2.45, 2.75) is 30.7 Å². The first kappa shape index (κ1) is 32.2. The molecule has 5 atom stereocenters. The van der Waals surface area contributed by atoms with Crippen molar-refractivity contribution in [2.24, 2.45) is 0 Å². The summed E-state index contributed by atoms with van der Waals surface area (Å²) in [5, 5.41) is 62.2. The largest absolute Gasteiger partial charge is 0.508 e. The van der Waals surface area contributed by atoms with Crippen molar-refractivity contribution in [1.29, 1.82) is 0 Å². The van der Waals surface area contributed by atoms with Gasteiger partial charge in [-0.15, -0.1) is 0 Å². The number of phenolic OH excluding ortho intramolecular Hbond substituents is 3. The van der Waals surface area contributed by atoms with E-state index < -0.39 is 54.5 Å². The number of fused-ring (bicyclic) bond motifs is 1. The fourth-order valence-electron chi connectivity index (χ4n) is 4.93. The lowest BCUT2D eigenvalue weighted by molar-refractivity contribution is -0.277. The molecular weight excluding hydrogens is 612 g/mol. The molecule has 2 heterocycles. The van der Waals surface area contributed by atoms with Crippen molar-refractivity contribution >= 4 is 16.9 Å². The van der Waals surface area contributed by atoms with E-state index in [1.807, 2.05) is 0 Å². The zero-order valence-corrected chi connectivity index (χ0v) is 24.6. The molecule has 0 amide bonds. The predicted octanol–water partition coefficient (Wildman–Crippen LogP) is 1.65. The summed E-state index contributed by atoms with van der Waals surface area (Å²) in [6, 6.07) is 9.06. The number of aromatic hydroxyl groups is 3. The molecule has 15 heteroatoms. The highest BCUT2D eigenvalue weighted by Crippen LogP contribution is 2.44.